The number of ether oxygens (including phenoxy) is 1. The summed E-state index contributed by atoms with van der Waals surface area (Å²) in [4.78, 5) is 16.5. The lowest BCUT2D eigenvalue weighted by Crippen LogP contribution is -2.45. The van der Waals surface area contributed by atoms with Gasteiger partial charge in [0.25, 0.3) is 0 Å². The van der Waals surface area contributed by atoms with Crippen molar-refractivity contribution < 1.29 is 9.53 Å². The predicted octanol–water partition coefficient (Wildman–Crippen LogP) is 2.49. The zero-order valence-electron chi connectivity index (χ0n) is 12.6. The highest BCUT2D eigenvalue weighted by atomic mass is 16.5. The van der Waals surface area contributed by atoms with Gasteiger partial charge in [0, 0.05) is 19.1 Å². The molecule has 0 aromatic rings. The van der Waals surface area contributed by atoms with E-state index in [4.69, 9.17) is 4.74 Å². The van der Waals surface area contributed by atoms with E-state index in [1.165, 1.54) is 12.8 Å². The second-order valence-electron chi connectivity index (χ2n) is 5.82. The topological polar surface area (TPSA) is 41.9 Å². The van der Waals surface area contributed by atoms with Crippen LogP contribution in [0.25, 0.3) is 0 Å². The van der Waals surface area contributed by atoms with Gasteiger partial charge in [-0.15, -0.1) is 0 Å². The molecule has 0 spiro atoms. The van der Waals surface area contributed by atoms with E-state index < -0.39 is 0 Å². The molecule has 0 radical (unpaired) electrons. The molecule has 0 amide bonds. The standard InChI is InChI=1S/C15H28N2O2/c1-4-13(2)9-15(10-14(3)11-16-12-18)17-5-7-19-8-6-17/h13-15H,4-11H2,1-3H3. The van der Waals surface area contributed by atoms with Gasteiger partial charge in [0.2, 0.25) is 6.08 Å². The molecule has 0 aliphatic carbocycles. The van der Waals surface area contributed by atoms with Gasteiger partial charge in [-0.05, 0) is 24.7 Å². The van der Waals surface area contributed by atoms with E-state index in [1.807, 2.05) is 0 Å². The first-order valence-corrected chi connectivity index (χ1v) is 7.52. The molecule has 0 aromatic heterocycles. The van der Waals surface area contributed by atoms with Crippen LogP contribution in [-0.2, 0) is 9.53 Å². The highest BCUT2D eigenvalue weighted by Gasteiger charge is 2.24. The van der Waals surface area contributed by atoms with Crippen LogP contribution in [0.3, 0.4) is 0 Å². The van der Waals surface area contributed by atoms with E-state index in [2.05, 4.69) is 30.7 Å². The minimum Gasteiger partial charge on any atom is -0.379 e. The lowest BCUT2D eigenvalue weighted by atomic mass is 9.91. The first kappa shape index (κ1) is 16.4. The van der Waals surface area contributed by atoms with E-state index in [0.29, 0.717) is 18.5 Å². The predicted molar refractivity (Wildman–Crippen MR) is 77.0 cm³/mol. The number of aliphatic imine (C=N–C) groups is 1. The van der Waals surface area contributed by atoms with Crippen molar-refractivity contribution in [3.63, 3.8) is 0 Å². The molecule has 0 N–H and O–H groups in total. The van der Waals surface area contributed by atoms with Crippen molar-refractivity contribution in [2.45, 2.75) is 46.1 Å². The molecule has 1 fully saturated rings. The molecule has 1 rings (SSSR count). The first-order valence-electron chi connectivity index (χ1n) is 7.52. The summed E-state index contributed by atoms with van der Waals surface area (Å²) in [7, 11) is 0. The molecule has 0 aromatic carbocycles. The van der Waals surface area contributed by atoms with Gasteiger partial charge >= 0.3 is 0 Å². The van der Waals surface area contributed by atoms with Gasteiger partial charge in [0.05, 0.1) is 19.8 Å². The lowest BCUT2D eigenvalue weighted by Gasteiger charge is -2.37. The number of morpholine rings is 1. The maximum Gasteiger partial charge on any atom is 0.234 e. The van der Waals surface area contributed by atoms with Gasteiger partial charge in [0.1, 0.15) is 0 Å². The highest BCUT2D eigenvalue weighted by Crippen LogP contribution is 2.22. The zero-order chi connectivity index (χ0) is 14.1. The normalized spacial score (nSPS) is 21.4. The van der Waals surface area contributed by atoms with Gasteiger partial charge in [-0.25, -0.2) is 9.79 Å². The highest BCUT2D eigenvalue weighted by molar-refractivity contribution is 5.32. The van der Waals surface area contributed by atoms with Crippen LogP contribution in [0.15, 0.2) is 4.99 Å². The summed E-state index contributed by atoms with van der Waals surface area (Å²) < 4.78 is 5.44. The Morgan fingerprint density at radius 2 is 1.84 bits per heavy atom. The van der Waals surface area contributed by atoms with E-state index in [0.717, 1.165) is 38.6 Å². The van der Waals surface area contributed by atoms with Crippen LogP contribution in [0.5, 0.6) is 0 Å². The molecule has 0 bridgehead atoms. The largest absolute Gasteiger partial charge is 0.379 e. The van der Waals surface area contributed by atoms with Crippen molar-refractivity contribution in [1.29, 1.82) is 0 Å². The number of isocyanates is 1. The lowest BCUT2D eigenvalue weighted by molar-refractivity contribution is 0.00667. The van der Waals surface area contributed by atoms with Crippen molar-refractivity contribution >= 4 is 6.08 Å². The monoisotopic (exact) mass is 268 g/mol. The Bertz CT molecular complexity index is 284. The smallest absolute Gasteiger partial charge is 0.234 e. The van der Waals surface area contributed by atoms with E-state index in [1.54, 1.807) is 6.08 Å². The third-order valence-electron chi connectivity index (χ3n) is 4.08. The molecule has 1 aliphatic rings. The summed E-state index contributed by atoms with van der Waals surface area (Å²) in [5.74, 6) is 1.19. The fraction of sp³-hybridized carbons (Fsp3) is 0.933. The third kappa shape index (κ3) is 6.33. The Hall–Kier alpha value is -0.700. The Labute approximate surface area is 117 Å². The minimum atomic E-state index is 0.443. The van der Waals surface area contributed by atoms with Crippen molar-refractivity contribution in [2.24, 2.45) is 16.8 Å². The summed E-state index contributed by atoms with van der Waals surface area (Å²) >= 11 is 0. The summed E-state index contributed by atoms with van der Waals surface area (Å²) in [6, 6.07) is 0.593. The maximum atomic E-state index is 10.2. The fourth-order valence-corrected chi connectivity index (χ4v) is 2.70. The number of rotatable bonds is 8. The third-order valence-corrected chi connectivity index (χ3v) is 4.08. The average Bonchev–Trinajstić information content (AvgIpc) is 2.45. The van der Waals surface area contributed by atoms with Gasteiger partial charge in [-0.3, -0.25) is 4.90 Å². The molecular weight excluding hydrogens is 240 g/mol. The second kappa shape index (κ2) is 9.24. The van der Waals surface area contributed by atoms with Gasteiger partial charge in [-0.1, -0.05) is 27.2 Å². The number of hydrogen-bond donors (Lipinski definition) is 0. The molecule has 1 saturated heterocycles. The number of nitrogens with zero attached hydrogens (tertiary/aromatic N) is 2. The van der Waals surface area contributed by atoms with Crippen LogP contribution in [0.1, 0.15) is 40.0 Å². The van der Waals surface area contributed by atoms with E-state index >= 15 is 0 Å². The van der Waals surface area contributed by atoms with Crippen LogP contribution in [0.2, 0.25) is 0 Å². The average molecular weight is 268 g/mol. The van der Waals surface area contributed by atoms with Crippen LogP contribution < -0.4 is 0 Å². The fourth-order valence-electron chi connectivity index (χ4n) is 2.70. The Kier molecular flexibility index (Phi) is 7.96. The SMILES string of the molecule is CCC(C)CC(CC(C)CN=C=O)N1CCOCC1. The van der Waals surface area contributed by atoms with Crippen molar-refractivity contribution in [3.05, 3.63) is 0 Å². The van der Waals surface area contributed by atoms with E-state index in [9.17, 15) is 4.79 Å². The first-order chi connectivity index (χ1) is 9.17. The van der Waals surface area contributed by atoms with E-state index in [-0.39, 0.29) is 0 Å². The molecule has 1 aliphatic heterocycles. The molecule has 4 heteroatoms. The summed E-state index contributed by atoms with van der Waals surface area (Å²) in [5, 5.41) is 0. The quantitative estimate of drug-likeness (QED) is 0.502. The molecule has 1 heterocycles. The Morgan fingerprint density at radius 3 is 2.42 bits per heavy atom. The number of hydrogen-bond acceptors (Lipinski definition) is 4. The zero-order valence-corrected chi connectivity index (χ0v) is 12.6. The van der Waals surface area contributed by atoms with Crippen LogP contribution >= 0.6 is 0 Å². The molecule has 0 saturated carbocycles. The Morgan fingerprint density at radius 1 is 1.21 bits per heavy atom. The maximum absolute atomic E-state index is 10.2. The minimum absolute atomic E-state index is 0.443. The number of carbonyl (C=O) groups excluding carboxylic acids is 1. The molecule has 4 nitrogen and oxygen atoms in total. The van der Waals surface area contributed by atoms with Gasteiger partial charge in [-0.2, -0.15) is 0 Å². The molecule has 19 heavy (non-hydrogen) atoms. The Balaban J connectivity index is 2.54. The van der Waals surface area contributed by atoms with Crippen LogP contribution in [-0.4, -0.2) is 49.9 Å². The molecule has 110 valence electrons. The molecular formula is C15H28N2O2. The summed E-state index contributed by atoms with van der Waals surface area (Å²) in [6.45, 7) is 11.1. The summed E-state index contributed by atoms with van der Waals surface area (Å²) in [5.41, 5.74) is 0. The molecule has 3 atom stereocenters. The van der Waals surface area contributed by atoms with Crippen molar-refractivity contribution in [1.82, 2.24) is 4.90 Å². The van der Waals surface area contributed by atoms with Crippen LogP contribution in [0, 0.1) is 11.8 Å². The van der Waals surface area contributed by atoms with Gasteiger partial charge in [0.15, 0.2) is 0 Å². The molecule has 3 unspecified atom stereocenters. The van der Waals surface area contributed by atoms with Crippen molar-refractivity contribution in [3.8, 4) is 0 Å². The second-order valence-corrected chi connectivity index (χ2v) is 5.82. The van der Waals surface area contributed by atoms with Crippen LogP contribution in [0.4, 0.5) is 0 Å². The van der Waals surface area contributed by atoms with Gasteiger partial charge < -0.3 is 4.74 Å². The van der Waals surface area contributed by atoms with Crippen molar-refractivity contribution in [2.75, 3.05) is 32.8 Å². The summed E-state index contributed by atoms with van der Waals surface area (Å²) in [6.07, 6.45) is 5.20.